The molecule has 1 fully saturated rings. The van der Waals surface area contributed by atoms with Crippen molar-refractivity contribution in [1.29, 1.82) is 5.26 Å². The summed E-state index contributed by atoms with van der Waals surface area (Å²) >= 11 is 0. The minimum absolute atomic E-state index is 0.213. The summed E-state index contributed by atoms with van der Waals surface area (Å²) in [5.74, 6) is 0.719. The van der Waals surface area contributed by atoms with E-state index in [1.165, 1.54) is 0 Å². The van der Waals surface area contributed by atoms with Crippen LogP contribution in [0, 0.1) is 17.2 Å². The lowest BCUT2D eigenvalue weighted by Gasteiger charge is -2.42. The fourth-order valence-corrected chi connectivity index (χ4v) is 2.90. The van der Waals surface area contributed by atoms with Gasteiger partial charge in [-0.1, -0.05) is 13.8 Å². The third-order valence-electron chi connectivity index (χ3n) is 4.12. The Morgan fingerprint density at radius 2 is 1.76 bits per heavy atom. The molecular formula is C14H27N3. The van der Waals surface area contributed by atoms with Crippen LogP contribution in [0.5, 0.6) is 0 Å². The highest BCUT2D eigenvalue weighted by Gasteiger charge is 2.38. The lowest BCUT2D eigenvalue weighted by atomic mass is 9.79. The highest BCUT2D eigenvalue weighted by molar-refractivity contribution is 5.09. The Labute approximate surface area is 106 Å². The van der Waals surface area contributed by atoms with Crippen molar-refractivity contribution in [3.8, 4) is 6.07 Å². The van der Waals surface area contributed by atoms with Crippen molar-refractivity contribution in [3.05, 3.63) is 0 Å². The summed E-state index contributed by atoms with van der Waals surface area (Å²) in [7, 11) is 6.28. The Kier molecular flexibility index (Phi) is 4.97. The molecule has 0 spiro atoms. The molecule has 0 heterocycles. The average molecular weight is 237 g/mol. The van der Waals surface area contributed by atoms with E-state index >= 15 is 0 Å². The molecule has 1 aliphatic carbocycles. The van der Waals surface area contributed by atoms with Crippen molar-refractivity contribution in [2.45, 2.75) is 51.1 Å². The monoisotopic (exact) mass is 237 g/mol. The van der Waals surface area contributed by atoms with Crippen LogP contribution in [0.1, 0.15) is 39.5 Å². The summed E-state index contributed by atoms with van der Waals surface area (Å²) in [6.07, 6.45) is 4.30. The van der Waals surface area contributed by atoms with Gasteiger partial charge in [-0.2, -0.15) is 5.26 Å². The molecule has 0 aromatic rings. The zero-order chi connectivity index (χ0) is 13.1. The molecule has 98 valence electrons. The smallest absolute Gasteiger partial charge is 0.108 e. The molecule has 0 atom stereocenters. The molecule has 0 bridgehead atoms. The summed E-state index contributed by atoms with van der Waals surface area (Å²) in [5.41, 5.74) is -0.213. The minimum atomic E-state index is -0.213. The Morgan fingerprint density at radius 1 is 1.24 bits per heavy atom. The molecule has 1 rings (SSSR count). The second-order valence-corrected chi connectivity index (χ2v) is 6.10. The van der Waals surface area contributed by atoms with Crippen molar-refractivity contribution in [2.24, 2.45) is 5.92 Å². The van der Waals surface area contributed by atoms with Crippen molar-refractivity contribution < 1.29 is 0 Å². The van der Waals surface area contributed by atoms with Gasteiger partial charge in [-0.3, -0.25) is 4.90 Å². The van der Waals surface area contributed by atoms with Gasteiger partial charge in [0.2, 0.25) is 0 Å². The highest BCUT2D eigenvalue weighted by atomic mass is 15.2. The summed E-state index contributed by atoms with van der Waals surface area (Å²) in [4.78, 5) is 4.58. The Hall–Kier alpha value is -0.590. The van der Waals surface area contributed by atoms with E-state index in [0.717, 1.165) is 38.1 Å². The van der Waals surface area contributed by atoms with Crippen molar-refractivity contribution in [1.82, 2.24) is 9.80 Å². The zero-order valence-electron chi connectivity index (χ0n) is 12.0. The Bertz CT molecular complexity index is 270. The molecular weight excluding hydrogens is 210 g/mol. The predicted octanol–water partition coefficient (Wildman–Crippen LogP) is 2.34. The first kappa shape index (κ1) is 14.5. The number of hydrogen-bond donors (Lipinski definition) is 0. The molecule has 1 saturated carbocycles. The summed E-state index contributed by atoms with van der Waals surface area (Å²) in [5, 5.41) is 9.38. The van der Waals surface area contributed by atoms with Crippen LogP contribution < -0.4 is 0 Å². The zero-order valence-corrected chi connectivity index (χ0v) is 12.0. The average Bonchev–Trinajstić information content (AvgIpc) is 2.28. The van der Waals surface area contributed by atoms with E-state index in [0.29, 0.717) is 6.04 Å². The third-order valence-corrected chi connectivity index (χ3v) is 4.12. The van der Waals surface area contributed by atoms with E-state index in [-0.39, 0.29) is 5.54 Å². The molecule has 0 aromatic carbocycles. The molecule has 0 unspecified atom stereocenters. The number of nitriles is 1. The van der Waals surface area contributed by atoms with Crippen LogP contribution in [0.15, 0.2) is 0 Å². The fourth-order valence-electron chi connectivity index (χ4n) is 2.90. The molecule has 0 aromatic heterocycles. The molecule has 3 nitrogen and oxygen atoms in total. The minimum Gasteiger partial charge on any atom is -0.303 e. The fraction of sp³-hybridized carbons (Fsp3) is 0.929. The molecule has 0 amide bonds. The van der Waals surface area contributed by atoms with Gasteiger partial charge in [-0.05, 0) is 52.7 Å². The van der Waals surface area contributed by atoms with Crippen molar-refractivity contribution in [2.75, 3.05) is 27.7 Å². The van der Waals surface area contributed by atoms with Crippen LogP contribution in [0.2, 0.25) is 0 Å². The van der Waals surface area contributed by atoms with E-state index in [1.54, 1.807) is 0 Å². The van der Waals surface area contributed by atoms with Gasteiger partial charge in [0.1, 0.15) is 5.54 Å². The van der Waals surface area contributed by atoms with E-state index in [2.05, 4.69) is 36.8 Å². The van der Waals surface area contributed by atoms with Gasteiger partial charge in [0, 0.05) is 12.6 Å². The van der Waals surface area contributed by atoms with E-state index in [9.17, 15) is 5.26 Å². The molecule has 0 saturated heterocycles. The topological polar surface area (TPSA) is 30.3 Å². The molecule has 0 N–H and O–H groups in total. The lowest BCUT2D eigenvalue weighted by molar-refractivity contribution is 0.0935. The maximum atomic E-state index is 9.38. The second-order valence-electron chi connectivity index (χ2n) is 6.10. The summed E-state index contributed by atoms with van der Waals surface area (Å²) in [6, 6.07) is 3.19. The predicted molar refractivity (Wildman–Crippen MR) is 71.8 cm³/mol. The van der Waals surface area contributed by atoms with E-state index in [1.807, 2.05) is 14.1 Å². The highest BCUT2D eigenvalue weighted by Crippen LogP contribution is 2.33. The number of rotatable bonds is 4. The van der Waals surface area contributed by atoms with Gasteiger partial charge >= 0.3 is 0 Å². The maximum absolute atomic E-state index is 9.38. The third kappa shape index (κ3) is 3.43. The normalized spacial score (nSPS) is 29.9. The SMILES string of the molecule is CC(C)CN(C)C1CCC(C#N)(N(C)C)CC1. The first-order valence-corrected chi connectivity index (χ1v) is 6.70. The number of hydrogen-bond acceptors (Lipinski definition) is 3. The molecule has 17 heavy (non-hydrogen) atoms. The first-order chi connectivity index (χ1) is 7.91. The van der Waals surface area contributed by atoms with Crippen LogP contribution >= 0.6 is 0 Å². The number of nitrogens with zero attached hydrogens (tertiary/aromatic N) is 3. The summed E-state index contributed by atoms with van der Waals surface area (Å²) < 4.78 is 0. The van der Waals surface area contributed by atoms with Gasteiger partial charge in [-0.25, -0.2) is 0 Å². The molecule has 0 radical (unpaired) electrons. The van der Waals surface area contributed by atoms with Gasteiger partial charge in [-0.15, -0.1) is 0 Å². The molecule has 3 heteroatoms. The first-order valence-electron chi connectivity index (χ1n) is 6.70. The Morgan fingerprint density at radius 3 is 2.12 bits per heavy atom. The quantitative estimate of drug-likeness (QED) is 0.752. The van der Waals surface area contributed by atoms with Gasteiger partial charge in [0.05, 0.1) is 6.07 Å². The molecule has 1 aliphatic rings. The second kappa shape index (κ2) is 5.84. The van der Waals surface area contributed by atoms with Crippen molar-refractivity contribution >= 4 is 0 Å². The van der Waals surface area contributed by atoms with Gasteiger partial charge in [0.25, 0.3) is 0 Å². The molecule has 0 aliphatic heterocycles. The Balaban J connectivity index is 2.53. The summed E-state index contributed by atoms with van der Waals surface area (Å²) in [6.45, 7) is 5.68. The van der Waals surface area contributed by atoms with E-state index < -0.39 is 0 Å². The van der Waals surface area contributed by atoms with Crippen LogP contribution in [0.25, 0.3) is 0 Å². The van der Waals surface area contributed by atoms with Crippen LogP contribution in [0.4, 0.5) is 0 Å². The largest absolute Gasteiger partial charge is 0.303 e. The maximum Gasteiger partial charge on any atom is 0.108 e. The van der Waals surface area contributed by atoms with Crippen LogP contribution in [-0.2, 0) is 0 Å². The van der Waals surface area contributed by atoms with Gasteiger partial charge in [0.15, 0.2) is 0 Å². The van der Waals surface area contributed by atoms with Crippen LogP contribution in [0.3, 0.4) is 0 Å². The van der Waals surface area contributed by atoms with Crippen LogP contribution in [-0.4, -0.2) is 49.1 Å². The van der Waals surface area contributed by atoms with Gasteiger partial charge < -0.3 is 4.90 Å². The van der Waals surface area contributed by atoms with Crippen molar-refractivity contribution in [3.63, 3.8) is 0 Å². The standard InChI is InChI=1S/C14H27N3/c1-12(2)10-17(5)13-6-8-14(11-15,9-7-13)16(3)4/h12-13H,6-10H2,1-5H3. The van der Waals surface area contributed by atoms with E-state index in [4.69, 9.17) is 0 Å². The lowest BCUT2D eigenvalue weighted by Crippen LogP contribution is -2.49.